The summed E-state index contributed by atoms with van der Waals surface area (Å²) in [4.78, 5) is 27.5. The molecule has 0 radical (unpaired) electrons. The van der Waals surface area contributed by atoms with Crippen molar-refractivity contribution < 1.29 is 8.42 Å². The van der Waals surface area contributed by atoms with Gasteiger partial charge in [-0.05, 0) is 31.0 Å². The van der Waals surface area contributed by atoms with Gasteiger partial charge in [0.25, 0.3) is 5.56 Å². The average molecular weight is 544 g/mol. The van der Waals surface area contributed by atoms with Gasteiger partial charge in [0, 0.05) is 25.2 Å². The van der Waals surface area contributed by atoms with Crippen LogP contribution in [0.25, 0.3) is 22.2 Å². The zero-order valence-electron chi connectivity index (χ0n) is 19.1. The predicted molar refractivity (Wildman–Crippen MR) is 142 cm³/mol. The minimum atomic E-state index is -3.53. The zero-order valence-corrected chi connectivity index (χ0v) is 21.7. The van der Waals surface area contributed by atoms with Crippen molar-refractivity contribution in [1.82, 2.24) is 29.1 Å². The van der Waals surface area contributed by atoms with E-state index in [1.807, 2.05) is 35.2 Å². The number of anilines is 1. The van der Waals surface area contributed by atoms with E-state index in [0.717, 1.165) is 12.7 Å². The van der Waals surface area contributed by atoms with Crippen LogP contribution in [0.15, 0.2) is 64.8 Å². The number of rotatable bonds is 4. The molecule has 1 aromatic carbocycles. The molecule has 1 aliphatic heterocycles. The smallest absolute Gasteiger partial charge is 0.284 e. The standard InChI is InChI=1S/C23H20ClN7O3S.H2S/c1-35(33,34)17-12-25-20-18(17)22(27-13-26-20)29-10-5-8-16(29)21-28-30-11-9-15(24)19(30)23(32)31(21)14-6-3-2-4-7-14;/h2-4,6-7,9,11-13,16H,5,8,10H2,1H3,(H,25,26,27);1H2/t16-;/m0./s1. The first kappa shape index (κ1) is 24.3. The number of aromatic amines is 1. The van der Waals surface area contributed by atoms with Crippen molar-refractivity contribution in [3.63, 3.8) is 0 Å². The van der Waals surface area contributed by atoms with Crippen LogP contribution in [0, 0.1) is 0 Å². The molecular formula is C23H22ClN7O3S2. The van der Waals surface area contributed by atoms with Crippen LogP contribution in [0.2, 0.25) is 5.02 Å². The monoisotopic (exact) mass is 543 g/mol. The summed E-state index contributed by atoms with van der Waals surface area (Å²) < 4.78 is 28.1. The highest BCUT2D eigenvalue weighted by Crippen LogP contribution is 2.39. The van der Waals surface area contributed by atoms with E-state index in [-0.39, 0.29) is 30.0 Å². The third-order valence-electron chi connectivity index (χ3n) is 6.31. The molecule has 36 heavy (non-hydrogen) atoms. The average Bonchev–Trinajstić information content (AvgIpc) is 3.57. The molecule has 1 fully saturated rings. The quantitative estimate of drug-likeness (QED) is 0.369. The molecule has 186 valence electrons. The fourth-order valence-corrected chi connectivity index (χ4v) is 5.86. The molecule has 4 aromatic heterocycles. The topological polar surface area (TPSA) is 118 Å². The number of fused-ring (bicyclic) bond motifs is 2. The maximum Gasteiger partial charge on any atom is 0.284 e. The van der Waals surface area contributed by atoms with E-state index < -0.39 is 9.84 Å². The van der Waals surface area contributed by atoms with Gasteiger partial charge in [0.05, 0.1) is 27.0 Å². The number of halogens is 1. The van der Waals surface area contributed by atoms with Gasteiger partial charge in [-0.3, -0.25) is 9.36 Å². The largest absolute Gasteiger partial charge is 0.346 e. The Kier molecular flexibility index (Phi) is 6.05. The van der Waals surface area contributed by atoms with Gasteiger partial charge in [-0.15, -0.1) is 0 Å². The van der Waals surface area contributed by atoms with Crippen LogP contribution in [0.4, 0.5) is 5.82 Å². The lowest BCUT2D eigenvalue weighted by atomic mass is 10.2. The van der Waals surface area contributed by atoms with Crippen molar-refractivity contribution in [2.24, 2.45) is 0 Å². The second kappa shape index (κ2) is 8.95. The number of nitrogens with zero attached hydrogens (tertiary/aromatic N) is 6. The van der Waals surface area contributed by atoms with Gasteiger partial charge in [0.15, 0.2) is 15.7 Å². The highest BCUT2D eigenvalue weighted by molar-refractivity contribution is 7.91. The van der Waals surface area contributed by atoms with Crippen molar-refractivity contribution in [2.75, 3.05) is 17.7 Å². The Labute approximate surface area is 217 Å². The summed E-state index contributed by atoms with van der Waals surface area (Å²) in [6.45, 7) is 0.611. The lowest BCUT2D eigenvalue weighted by Gasteiger charge is -2.27. The van der Waals surface area contributed by atoms with Crippen LogP contribution in [0.3, 0.4) is 0 Å². The molecule has 1 saturated heterocycles. The normalized spacial score (nSPS) is 16.1. The molecule has 6 rings (SSSR count). The number of hydrogen-bond donors (Lipinski definition) is 1. The molecule has 1 aliphatic rings. The van der Waals surface area contributed by atoms with Crippen molar-refractivity contribution >= 4 is 57.3 Å². The summed E-state index contributed by atoms with van der Waals surface area (Å²) in [6.07, 6.45) is 7.17. The Morgan fingerprint density at radius 1 is 1.14 bits per heavy atom. The van der Waals surface area contributed by atoms with Gasteiger partial charge in [0.1, 0.15) is 23.3 Å². The first-order chi connectivity index (χ1) is 16.8. The Bertz CT molecular complexity index is 1760. The molecule has 1 N–H and O–H groups in total. The number of para-hydroxylation sites is 1. The maximum absolute atomic E-state index is 13.7. The lowest BCUT2D eigenvalue weighted by Crippen LogP contribution is -2.33. The van der Waals surface area contributed by atoms with Crippen molar-refractivity contribution in [3.8, 4) is 5.69 Å². The van der Waals surface area contributed by atoms with E-state index in [4.69, 9.17) is 16.7 Å². The number of sulfone groups is 1. The maximum atomic E-state index is 13.7. The highest BCUT2D eigenvalue weighted by Gasteiger charge is 2.34. The van der Waals surface area contributed by atoms with Crippen LogP contribution in [0.5, 0.6) is 0 Å². The van der Waals surface area contributed by atoms with Crippen LogP contribution < -0.4 is 10.5 Å². The van der Waals surface area contributed by atoms with Crippen molar-refractivity contribution in [3.05, 3.63) is 76.3 Å². The van der Waals surface area contributed by atoms with Gasteiger partial charge >= 0.3 is 0 Å². The first-order valence-corrected chi connectivity index (χ1v) is 13.3. The first-order valence-electron chi connectivity index (χ1n) is 11.0. The number of hydrogen-bond acceptors (Lipinski definition) is 7. The van der Waals surface area contributed by atoms with Gasteiger partial charge in [0.2, 0.25) is 0 Å². The molecule has 0 unspecified atom stereocenters. The molecule has 13 heteroatoms. The summed E-state index contributed by atoms with van der Waals surface area (Å²) in [6, 6.07) is 10.6. The van der Waals surface area contributed by atoms with Gasteiger partial charge in [-0.1, -0.05) is 29.8 Å². The van der Waals surface area contributed by atoms with Crippen LogP contribution in [0.1, 0.15) is 24.7 Å². The van der Waals surface area contributed by atoms with Crippen molar-refractivity contribution in [1.29, 1.82) is 0 Å². The molecule has 0 bridgehead atoms. The van der Waals surface area contributed by atoms with E-state index in [0.29, 0.717) is 51.9 Å². The summed E-state index contributed by atoms with van der Waals surface area (Å²) in [5, 5.41) is 5.57. The Morgan fingerprint density at radius 2 is 1.92 bits per heavy atom. The third kappa shape index (κ3) is 3.76. The molecule has 0 spiro atoms. The van der Waals surface area contributed by atoms with E-state index in [9.17, 15) is 13.2 Å². The zero-order chi connectivity index (χ0) is 24.3. The van der Waals surface area contributed by atoms with Crippen molar-refractivity contribution in [2.45, 2.75) is 23.8 Å². The molecule has 5 aromatic rings. The minimum Gasteiger partial charge on any atom is -0.346 e. The highest BCUT2D eigenvalue weighted by atomic mass is 35.5. The molecule has 0 amide bonds. The van der Waals surface area contributed by atoms with E-state index in [1.165, 1.54) is 17.0 Å². The molecule has 5 heterocycles. The third-order valence-corrected chi connectivity index (χ3v) is 7.74. The van der Waals surface area contributed by atoms with Gasteiger partial charge < -0.3 is 9.88 Å². The van der Waals surface area contributed by atoms with E-state index >= 15 is 0 Å². The number of benzene rings is 1. The Balaban J connectivity index is 0.00000267. The fourth-order valence-electron chi connectivity index (χ4n) is 4.81. The van der Waals surface area contributed by atoms with Gasteiger partial charge in [-0.25, -0.2) is 22.9 Å². The molecular weight excluding hydrogens is 522 g/mol. The van der Waals surface area contributed by atoms with Crippen LogP contribution in [-0.4, -0.2) is 50.4 Å². The van der Waals surface area contributed by atoms with Gasteiger partial charge in [-0.2, -0.15) is 18.6 Å². The molecule has 0 saturated carbocycles. The fraction of sp³-hybridized carbons (Fsp3) is 0.217. The number of H-pyrrole nitrogens is 1. The summed E-state index contributed by atoms with van der Waals surface area (Å²) >= 11 is 6.32. The molecule has 1 atom stereocenters. The lowest BCUT2D eigenvalue weighted by molar-refractivity contribution is 0.600. The number of nitrogens with one attached hydrogen (secondary N) is 1. The summed E-state index contributed by atoms with van der Waals surface area (Å²) in [5.41, 5.74) is 1.10. The van der Waals surface area contributed by atoms with E-state index in [1.54, 1.807) is 16.8 Å². The summed E-state index contributed by atoms with van der Waals surface area (Å²) in [7, 11) is -3.53. The Morgan fingerprint density at radius 3 is 2.67 bits per heavy atom. The SMILES string of the molecule is CS(=O)(=O)c1c[nH]c2ncnc(N3CCC[C@H]3c3nn4ccc(Cl)c4c(=O)n3-c3ccccc3)c12.S. The predicted octanol–water partition coefficient (Wildman–Crippen LogP) is 3.27. The van der Waals surface area contributed by atoms with Crippen LogP contribution in [-0.2, 0) is 9.84 Å². The second-order valence-corrected chi connectivity index (χ2v) is 10.9. The molecule has 10 nitrogen and oxygen atoms in total. The van der Waals surface area contributed by atoms with Crippen LogP contribution >= 0.6 is 25.1 Å². The molecule has 0 aliphatic carbocycles. The number of aromatic nitrogens is 6. The minimum absolute atomic E-state index is 0. The summed E-state index contributed by atoms with van der Waals surface area (Å²) in [5.74, 6) is 1.00. The second-order valence-electron chi connectivity index (χ2n) is 8.49. The van der Waals surface area contributed by atoms with E-state index in [2.05, 4.69) is 15.0 Å². The Hall–Kier alpha value is -3.35.